The number of aromatic carboxylic acids is 2. The number of hydrogen-bond acceptors (Lipinski definition) is 15. The zero-order chi connectivity index (χ0) is 60.9. The highest BCUT2D eigenvalue weighted by Crippen LogP contribution is 2.45. The van der Waals surface area contributed by atoms with Crippen LogP contribution in [0.15, 0.2) is 156 Å². The van der Waals surface area contributed by atoms with Crippen LogP contribution in [0.4, 0.5) is 28.4 Å². The molecule has 0 bridgehead atoms. The third kappa shape index (κ3) is 10.5. The molecule has 9 N–H and O–H groups in total. The number of carboxylic acid groups (broad SMARTS) is 2. The van der Waals surface area contributed by atoms with Crippen LogP contribution < -0.4 is 20.1 Å². The van der Waals surface area contributed by atoms with Crippen molar-refractivity contribution in [2.75, 3.05) is 14.8 Å². The number of fused-ring (bicyclic) bond motifs is 4. The van der Waals surface area contributed by atoms with Gasteiger partial charge in [-0.15, -0.1) is 0 Å². The van der Waals surface area contributed by atoms with Gasteiger partial charge in [-0.2, -0.15) is 16.8 Å². The fourth-order valence-electron chi connectivity index (χ4n) is 10.5. The summed E-state index contributed by atoms with van der Waals surface area (Å²) in [4.78, 5) is 26.3. The Hall–Kier alpha value is -9.37. The second-order valence-corrected chi connectivity index (χ2v) is 26.0. The first-order valence-corrected chi connectivity index (χ1v) is 30.9. The van der Waals surface area contributed by atoms with Crippen molar-refractivity contribution in [3.05, 3.63) is 177 Å². The quantitative estimate of drug-likeness (QED) is 0.0361. The van der Waals surface area contributed by atoms with Gasteiger partial charge in [0.05, 0.1) is 32.2 Å². The predicted molar refractivity (Wildman–Crippen MR) is 314 cm³/mol. The Morgan fingerprint density at radius 2 is 0.988 bits per heavy atom. The molecule has 0 amide bonds. The van der Waals surface area contributed by atoms with Crippen LogP contribution in [-0.4, -0.2) is 75.1 Å². The van der Waals surface area contributed by atoms with Gasteiger partial charge < -0.3 is 30.2 Å². The highest BCUT2D eigenvalue weighted by atomic mass is 32.2. The van der Waals surface area contributed by atoms with Gasteiger partial charge in [-0.1, -0.05) is 54.6 Å². The van der Waals surface area contributed by atoms with E-state index in [4.69, 9.17) is 9.41 Å². The van der Waals surface area contributed by atoms with Crippen LogP contribution in [0.5, 0.6) is 11.5 Å². The number of nitrogens with one attached hydrogen (secondary N) is 3. The Morgan fingerprint density at radius 3 is 1.52 bits per heavy atom. The van der Waals surface area contributed by atoms with E-state index in [0.717, 1.165) is 30.3 Å². The summed E-state index contributed by atoms with van der Waals surface area (Å²) < 4.78 is 143. The Morgan fingerprint density at radius 1 is 0.488 bits per heavy atom. The van der Waals surface area contributed by atoms with Crippen molar-refractivity contribution < 1.29 is 77.2 Å². The molecule has 21 nitrogen and oxygen atoms in total. The summed E-state index contributed by atoms with van der Waals surface area (Å²) in [6.07, 6.45) is 0. The minimum absolute atomic E-state index is 0.00498. The standard InChI is InChI=1S/C59H48N4O17S4/c1-28-19-30(3)56(62-81(70,71)49-15-9-11-34-21-41(58(66)67)45(64)24-39(34)49)32(5)54(28)60-36-17-18-37-47(23-36)80-48-27-44(52(84(77,78)79)26-43(48)53(37)38-13-7-8-14-51(38)83(74,75)76)61-55-29(2)20-31(4)57(33(55)6)63-82(72,73)50-16-10-12-35-22-42(59(68)69)46(65)25-40(35)50/h7-27,60,62-65H,1-6H3,(H,66,67)(H,68,69)(H,74,75,76)(H,77,78,79). The van der Waals surface area contributed by atoms with Crippen LogP contribution in [0.3, 0.4) is 0 Å². The first-order valence-electron chi connectivity index (χ1n) is 25.0. The number of benzene rings is 9. The third-order valence-corrected chi connectivity index (χ3v) is 19.0. The number of aromatic hydroxyl groups is 2. The molecule has 0 atom stereocenters. The van der Waals surface area contributed by atoms with E-state index >= 15 is 0 Å². The van der Waals surface area contributed by atoms with Crippen molar-refractivity contribution in [1.82, 2.24) is 0 Å². The molecule has 1 heterocycles. The summed E-state index contributed by atoms with van der Waals surface area (Å²) in [5.41, 5.74) is 2.69. The van der Waals surface area contributed by atoms with E-state index in [1.54, 1.807) is 52.8 Å². The van der Waals surface area contributed by atoms with Gasteiger partial charge in [0.1, 0.15) is 43.8 Å². The minimum atomic E-state index is -5.23. The summed E-state index contributed by atoms with van der Waals surface area (Å²) in [5.74, 6) is -4.27. The van der Waals surface area contributed by atoms with E-state index in [1.807, 2.05) is 0 Å². The van der Waals surface area contributed by atoms with E-state index in [9.17, 15) is 72.8 Å². The minimum Gasteiger partial charge on any atom is -0.507 e. The van der Waals surface area contributed by atoms with E-state index in [1.165, 1.54) is 85.8 Å². The third-order valence-electron chi connectivity index (χ3n) is 14.3. The summed E-state index contributed by atoms with van der Waals surface area (Å²) >= 11 is 0. The molecule has 0 spiro atoms. The van der Waals surface area contributed by atoms with Gasteiger partial charge in [0.25, 0.3) is 40.3 Å². The first-order chi connectivity index (χ1) is 39.3. The number of phenols is 2. The topological polar surface area (TPSA) is 354 Å². The molecule has 0 saturated carbocycles. The Kier molecular flexibility index (Phi) is 14.3. The molecule has 2 aliphatic rings. The van der Waals surface area contributed by atoms with Crippen molar-refractivity contribution in [3.63, 3.8) is 0 Å². The molecule has 8 aromatic rings. The summed E-state index contributed by atoms with van der Waals surface area (Å²) in [5, 5.41) is 43.8. The molecule has 1 aliphatic heterocycles. The van der Waals surface area contributed by atoms with Crippen molar-refractivity contribution in [2.45, 2.75) is 61.1 Å². The van der Waals surface area contributed by atoms with Gasteiger partial charge >= 0.3 is 11.9 Å². The second-order valence-electron chi connectivity index (χ2n) is 19.9. The smallest absolute Gasteiger partial charge is 0.339 e. The SMILES string of the molecule is Cc1cc(C)c(NS(=O)(=O)c2cccc3cc(C(=O)O)c(O)cc23)c(C)c1N=c1cc2oc3cc(Nc4c(C)cc(C)c(NS(=O)(=O)c5cccc6cc(C(=O)O)c(O)cc56)c4C)ccc3c(-c3ccccc3S(=O)(=O)O)c-2cc1S(=O)(=O)O. The van der Waals surface area contributed by atoms with Crippen LogP contribution in [0.2, 0.25) is 0 Å². The summed E-state index contributed by atoms with van der Waals surface area (Å²) in [7, 11) is -19.2. The molecule has 0 fully saturated rings. The largest absolute Gasteiger partial charge is 0.507 e. The zero-order valence-electron chi connectivity index (χ0n) is 44.9. The molecular weight excluding hydrogens is 1160 g/mol. The van der Waals surface area contributed by atoms with Gasteiger partial charge in [-0.3, -0.25) is 18.5 Å². The number of carbonyl (C=O) groups is 2. The lowest BCUT2D eigenvalue weighted by Crippen LogP contribution is -2.17. The fraction of sp³-hybridized carbons (Fsp3) is 0.102. The number of rotatable bonds is 14. The van der Waals surface area contributed by atoms with Crippen LogP contribution in [0.25, 0.3) is 55.0 Å². The second kappa shape index (κ2) is 20.8. The Bertz CT molecular complexity index is 5080. The molecular formula is C59H48N4O17S4. The highest BCUT2D eigenvalue weighted by molar-refractivity contribution is 7.93. The first kappa shape index (κ1) is 57.8. The van der Waals surface area contributed by atoms with Crippen molar-refractivity contribution in [1.29, 1.82) is 0 Å². The van der Waals surface area contributed by atoms with Crippen LogP contribution in [0, 0.1) is 41.5 Å². The van der Waals surface area contributed by atoms with Crippen LogP contribution in [-0.2, 0) is 40.3 Å². The van der Waals surface area contributed by atoms with E-state index in [-0.39, 0.29) is 87.4 Å². The maximum absolute atomic E-state index is 14.3. The van der Waals surface area contributed by atoms with Gasteiger partial charge in [0, 0.05) is 56.4 Å². The molecule has 8 aromatic carbocycles. The number of anilines is 4. The molecule has 0 unspecified atom stereocenters. The maximum Gasteiger partial charge on any atom is 0.339 e. The molecule has 430 valence electrons. The molecule has 0 radical (unpaired) electrons. The molecule has 10 rings (SSSR count). The summed E-state index contributed by atoms with van der Waals surface area (Å²) in [6.45, 7) is 9.90. The van der Waals surface area contributed by atoms with E-state index < -0.39 is 90.0 Å². The number of hydrogen-bond donors (Lipinski definition) is 9. The Labute approximate surface area is 479 Å². The molecule has 84 heavy (non-hydrogen) atoms. The lowest BCUT2D eigenvalue weighted by Gasteiger charge is -2.21. The number of nitrogens with zero attached hydrogens (tertiary/aromatic N) is 1. The lowest BCUT2D eigenvalue weighted by molar-refractivity contribution is 0.0682. The molecule has 1 aliphatic carbocycles. The average Bonchev–Trinajstić information content (AvgIpc) is 0.906. The van der Waals surface area contributed by atoms with Crippen LogP contribution >= 0.6 is 0 Å². The van der Waals surface area contributed by atoms with Crippen LogP contribution in [0.1, 0.15) is 54.1 Å². The van der Waals surface area contributed by atoms with Gasteiger partial charge in [0.15, 0.2) is 0 Å². The van der Waals surface area contributed by atoms with Crippen molar-refractivity contribution in [3.8, 4) is 33.9 Å². The average molecular weight is 1210 g/mol. The number of aryl methyl sites for hydroxylation is 4. The highest BCUT2D eigenvalue weighted by Gasteiger charge is 2.29. The zero-order valence-corrected chi connectivity index (χ0v) is 48.1. The molecule has 0 saturated heterocycles. The van der Waals surface area contributed by atoms with Gasteiger partial charge in [-0.05, 0) is 146 Å². The molecule has 0 aromatic heterocycles. The monoisotopic (exact) mass is 1210 g/mol. The van der Waals surface area contributed by atoms with Gasteiger partial charge in [0.2, 0.25) is 0 Å². The normalized spacial score (nSPS) is 12.5. The summed E-state index contributed by atoms with van der Waals surface area (Å²) in [6, 6.07) is 28.3. The lowest BCUT2D eigenvalue weighted by atomic mass is 9.93. The Balaban J connectivity index is 1.12. The van der Waals surface area contributed by atoms with E-state index in [0.29, 0.717) is 39.2 Å². The van der Waals surface area contributed by atoms with Gasteiger partial charge in [-0.25, -0.2) is 31.4 Å². The number of sulfonamides is 2. The van der Waals surface area contributed by atoms with Crippen molar-refractivity contribution in [2.24, 2.45) is 4.99 Å². The number of carboxylic acids is 2. The molecule has 25 heteroatoms. The van der Waals surface area contributed by atoms with E-state index in [2.05, 4.69) is 14.8 Å². The fourth-order valence-corrected chi connectivity index (χ4v) is 14.7. The predicted octanol–water partition coefficient (Wildman–Crippen LogP) is 11.2. The maximum atomic E-state index is 14.3. The van der Waals surface area contributed by atoms with Crippen molar-refractivity contribution >= 4 is 113 Å².